The van der Waals surface area contributed by atoms with Crippen molar-refractivity contribution in [1.29, 1.82) is 0 Å². The smallest absolute Gasteiger partial charge is 0.280 e. The molecule has 1 heterocycles. The molecule has 2 rings (SSSR count). The normalized spacial score (nSPS) is 19.5. The van der Waals surface area contributed by atoms with Gasteiger partial charge in [-0.25, -0.2) is 0 Å². The summed E-state index contributed by atoms with van der Waals surface area (Å²) in [5, 5.41) is 19.2. The van der Waals surface area contributed by atoms with E-state index in [-0.39, 0.29) is 19.1 Å². The highest BCUT2D eigenvalue weighted by atomic mass is 16.7. The van der Waals surface area contributed by atoms with Crippen LogP contribution in [0.3, 0.4) is 0 Å². The number of aliphatic hydroxyl groups excluding tert-OH is 2. The van der Waals surface area contributed by atoms with Crippen LogP contribution in [0.5, 0.6) is 0 Å². The molecule has 2 N–H and O–H groups in total. The molecule has 0 spiro atoms. The monoisotopic (exact) mass is 209 g/mol. The molecule has 5 nitrogen and oxygen atoms in total. The van der Waals surface area contributed by atoms with Crippen LogP contribution in [0.25, 0.3) is 0 Å². The number of hydrogen-bond acceptors (Lipinski definition) is 4. The fraction of sp³-hybridized carbons (Fsp3) is 0.300. The number of hydrogen-bond donors (Lipinski definition) is 2. The molecular formula is C10H11NO4. The number of hydroxylamine groups is 2. The molecule has 0 fully saturated rings. The minimum atomic E-state index is -1.08. The summed E-state index contributed by atoms with van der Waals surface area (Å²) >= 11 is 0. The summed E-state index contributed by atoms with van der Waals surface area (Å²) in [6, 6.07) is 6.76. The van der Waals surface area contributed by atoms with Gasteiger partial charge >= 0.3 is 0 Å². The molecule has 1 aromatic rings. The van der Waals surface area contributed by atoms with Crippen molar-refractivity contribution in [2.24, 2.45) is 0 Å². The summed E-state index contributed by atoms with van der Waals surface area (Å²) in [6.45, 7) is -0.219. The third-order valence-electron chi connectivity index (χ3n) is 2.21. The molecule has 1 unspecified atom stereocenters. The zero-order valence-electron chi connectivity index (χ0n) is 7.96. The molecule has 15 heavy (non-hydrogen) atoms. The zero-order valence-corrected chi connectivity index (χ0v) is 7.96. The Labute approximate surface area is 86.5 Å². The number of carbonyl (C=O) groups is 1. The van der Waals surface area contributed by atoms with Crippen LogP contribution < -0.4 is 0 Å². The van der Waals surface area contributed by atoms with Crippen molar-refractivity contribution in [2.45, 2.75) is 6.23 Å². The van der Waals surface area contributed by atoms with E-state index in [0.29, 0.717) is 11.1 Å². The number of nitrogens with zero attached hydrogens (tertiary/aromatic N) is 1. The van der Waals surface area contributed by atoms with Gasteiger partial charge in [0.2, 0.25) is 0 Å². The first-order chi connectivity index (χ1) is 7.25. The zero-order chi connectivity index (χ0) is 10.8. The van der Waals surface area contributed by atoms with Gasteiger partial charge in [-0.1, -0.05) is 18.2 Å². The van der Waals surface area contributed by atoms with Gasteiger partial charge in [0.05, 0.1) is 13.2 Å². The summed E-state index contributed by atoms with van der Waals surface area (Å²) in [4.78, 5) is 16.6. The molecule has 0 saturated heterocycles. The Morgan fingerprint density at radius 3 is 2.80 bits per heavy atom. The highest BCUT2D eigenvalue weighted by Gasteiger charge is 2.36. The number of carbonyl (C=O) groups excluding carboxylic acids is 1. The van der Waals surface area contributed by atoms with Gasteiger partial charge in [0.15, 0.2) is 6.23 Å². The fourth-order valence-electron chi connectivity index (χ4n) is 1.54. The quantitative estimate of drug-likeness (QED) is 0.738. The predicted molar refractivity (Wildman–Crippen MR) is 50.6 cm³/mol. The van der Waals surface area contributed by atoms with Gasteiger partial charge < -0.3 is 10.2 Å². The van der Waals surface area contributed by atoms with Crippen LogP contribution in [-0.4, -0.2) is 34.4 Å². The maximum absolute atomic E-state index is 11.7. The average Bonchev–Trinajstić information content (AvgIpc) is 2.51. The van der Waals surface area contributed by atoms with Gasteiger partial charge in [0.25, 0.3) is 5.91 Å². The molecule has 80 valence electrons. The fourth-order valence-corrected chi connectivity index (χ4v) is 1.54. The minimum absolute atomic E-state index is 0.0171. The second-order valence-electron chi connectivity index (χ2n) is 3.15. The van der Waals surface area contributed by atoms with Gasteiger partial charge in [-0.3, -0.25) is 9.63 Å². The van der Waals surface area contributed by atoms with Crippen molar-refractivity contribution in [3.63, 3.8) is 0 Å². The van der Waals surface area contributed by atoms with E-state index in [1.165, 1.54) is 0 Å². The Hall–Kier alpha value is -1.43. The second-order valence-corrected chi connectivity index (χ2v) is 3.15. The molecule has 1 aliphatic rings. The summed E-state index contributed by atoms with van der Waals surface area (Å²) in [5.41, 5.74) is 0.961. The molecule has 1 aromatic carbocycles. The summed E-state index contributed by atoms with van der Waals surface area (Å²) in [7, 11) is 0. The van der Waals surface area contributed by atoms with Gasteiger partial charge in [-0.05, 0) is 6.07 Å². The van der Waals surface area contributed by atoms with Crippen molar-refractivity contribution >= 4 is 5.91 Å². The van der Waals surface area contributed by atoms with Crippen molar-refractivity contribution in [3.05, 3.63) is 35.4 Å². The van der Waals surface area contributed by atoms with Crippen LogP contribution in [0.15, 0.2) is 24.3 Å². The van der Waals surface area contributed by atoms with E-state index in [2.05, 4.69) is 0 Å². The Bertz CT molecular complexity index is 379. The van der Waals surface area contributed by atoms with E-state index in [9.17, 15) is 9.90 Å². The Morgan fingerprint density at radius 1 is 1.40 bits per heavy atom. The van der Waals surface area contributed by atoms with Crippen LogP contribution >= 0.6 is 0 Å². The number of aliphatic hydroxyl groups is 2. The van der Waals surface area contributed by atoms with Crippen molar-refractivity contribution in [2.75, 3.05) is 13.2 Å². The molecule has 0 bridgehead atoms. The minimum Gasteiger partial charge on any atom is -0.394 e. The molecule has 1 aliphatic heterocycles. The Kier molecular flexibility index (Phi) is 2.68. The lowest BCUT2D eigenvalue weighted by molar-refractivity contribution is -0.202. The molecule has 0 aromatic heterocycles. The largest absolute Gasteiger partial charge is 0.394 e. The van der Waals surface area contributed by atoms with Gasteiger partial charge in [-0.15, -0.1) is 0 Å². The SMILES string of the molecule is O=C1c2ccccc2C(O)N1OCCO. The predicted octanol–water partition coefficient (Wildman–Crippen LogP) is 0.0572. The number of benzene rings is 1. The highest BCUT2D eigenvalue weighted by Crippen LogP contribution is 2.31. The second kappa shape index (κ2) is 3.98. The first kappa shape index (κ1) is 10.1. The van der Waals surface area contributed by atoms with E-state index in [1.807, 2.05) is 0 Å². The van der Waals surface area contributed by atoms with Crippen LogP contribution in [0.4, 0.5) is 0 Å². The third-order valence-corrected chi connectivity index (χ3v) is 2.21. The van der Waals surface area contributed by atoms with Gasteiger partial charge in [0.1, 0.15) is 0 Å². The lowest BCUT2D eigenvalue weighted by atomic mass is 10.1. The summed E-state index contributed by atoms with van der Waals surface area (Å²) in [6.07, 6.45) is -1.08. The lowest BCUT2D eigenvalue weighted by Gasteiger charge is -2.18. The molecule has 0 radical (unpaired) electrons. The van der Waals surface area contributed by atoms with Crippen LogP contribution in [0, 0.1) is 0 Å². The molecule has 0 saturated carbocycles. The molecule has 5 heteroatoms. The number of rotatable bonds is 3. The Balaban J connectivity index is 2.25. The molecule has 0 aliphatic carbocycles. The van der Waals surface area contributed by atoms with Gasteiger partial charge in [-0.2, -0.15) is 5.06 Å². The first-order valence-electron chi connectivity index (χ1n) is 4.60. The van der Waals surface area contributed by atoms with Gasteiger partial charge in [0, 0.05) is 11.1 Å². The van der Waals surface area contributed by atoms with Crippen LogP contribution in [-0.2, 0) is 4.84 Å². The third kappa shape index (κ3) is 1.61. The standard InChI is InChI=1S/C10H11NO4/c12-5-6-15-11-9(13)7-3-1-2-4-8(7)10(11)14/h1-4,9,12-13H,5-6H2. The van der Waals surface area contributed by atoms with E-state index in [0.717, 1.165) is 5.06 Å². The van der Waals surface area contributed by atoms with E-state index >= 15 is 0 Å². The number of fused-ring (bicyclic) bond motifs is 1. The Morgan fingerprint density at radius 2 is 2.13 bits per heavy atom. The van der Waals surface area contributed by atoms with Crippen molar-refractivity contribution in [1.82, 2.24) is 5.06 Å². The van der Waals surface area contributed by atoms with Crippen LogP contribution in [0.1, 0.15) is 22.1 Å². The lowest BCUT2D eigenvalue weighted by Crippen LogP contribution is -2.29. The molecule has 1 atom stereocenters. The first-order valence-corrected chi connectivity index (χ1v) is 4.60. The summed E-state index contributed by atoms with van der Waals surface area (Å²) < 4.78 is 0. The average molecular weight is 209 g/mol. The topological polar surface area (TPSA) is 70.0 Å². The molecule has 1 amide bonds. The van der Waals surface area contributed by atoms with Crippen LogP contribution in [0.2, 0.25) is 0 Å². The molecular weight excluding hydrogens is 198 g/mol. The van der Waals surface area contributed by atoms with Crippen molar-refractivity contribution in [3.8, 4) is 0 Å². The van der Waals surface area contributed by atoms with E-state index < -0.39 is 6.23 Å². The maximum atomic E-state index is 11.7. The summed E-state index contributed by atoms with van der Waals surface area (Å²) in [5.74, 6) is -0.383. The number of amides is 1. The van der Waals surface area contributed by atoms with E-state index in [4.69, 9.17) is 9.94 Å². The van der Waals surface area contributed by atoms with Crippen molar-refractivity contribution < 1.29 is 19.8 Å². The maximum Gasteiger partial charge on any atom is 0.280 e. The highest BCUT2D eigenvalue weighted by molar-refractivity contribution is 5.98. The van der Waals surface area contributed by atoms with E-state index in [1.54, 1.807) is 24.3 Å².